The number of aliphatic hydroxyl groups is 1. The Labute approximate surface area is 173 Å². The van der Waals surface area contributed by atoms with Crippen molar-refractivity contribution in [1.82, 2.24) is 4.90 Å². The smallest absolute Gasteiger partial charge is 0.119 e. The molecule has 1 unspecified atom stereocenters. The normalized spacial score (nSPS) is 17.7. The van der Waals surface area contributed by atoms with Gasteiger partial charge < -0.3 is 9.84 Å². The largest absolute Gasteiger partial charge is 0.491 e. The van der Waals surface area contributed by atoms with E-state index < -0.39 is 6.10 Å². The molecule has 0 heterocycles. The van der Waals surface area contributed by atoms with Crippen LogP contribution in [0.25, 0.3) is 0 Å². The second-order valence-electron chi connectivity index (χ2n) is 10.5. The van der Waals surface area contributed by atoms with Crippen LogP contribution in [0, 0.1) is 5.41 Å². The fraction of sp³-hybridized carbons (Fsp3) is 0.760. The number of nitrogens with zero attached hydrogens (tertiary/aromatic N) is 1. The Balaban J connectivity index is 1.85. The van der Waals surface area contributed by atoms with Crippen LogP contribution in [0.2, 0.25) is 0 Å². The first kappa shape index (κ1) is 23.2. The zero-order valence-electron chi connectivity index (χ0n) is 19.1. The highest BCUT2D eigenvalue weighted by molar-refractivity contribution is 5.31. The summed E-state index contributed by atoms with van der Waals surface area (Å²) in [4.78, 5) is 2.44. The van der Waals surface area contributed by atoms with Crippen LogP contribution in [0.3, 0.4) is 0 Å². The van der Waals surface area contributed by atoms with Gasteiger partial charge in [-0.15, -0.1) is 0 Å². The molecule has 1 aliphatic carbocycles. The van der Waals surface area contributed by atoms with E-state index in [2.05, 4.69) is 58.6 Å². The molecule has 1 fully saturated rings. The van der Waals surface area contributed by atoms with E-state index in [0.717, 1.165) is 18.7 Å². The zero-order chi connectivity index (χ0) is 20.8. The maximum absolute atomic E-state index is 10.5. The molecule has 28 heavy (non-hydrogen) atoms. The van der Waals surface area contributed by atoms with Gasteiger partial charge in [0, 0.05) is 12.6 Å². The van der Waals surface area contributed by atoms with Gasteiger partial charge in [0.05, 0.1) is 0 Å². The van der Waals surface area contributed by atoms with Gasteiger partial charge in [0.1, 0.15) is 18.5 Å². The number of aliphatic hydroxyl groups excluding tert-OH is 1. The van der Waals surface area contributed by atoms with Crippen LogP contribution in [-0.2, 0) is 5.41 Å². The van der Waals surface area contributed by atoms with Crippen LogP contribution in [0.4, 0.5) is 0 Å². The van der Waals surface area contributed by atoms with E-state index in [4.69, 9.17) is 4.74 Å². The molecule has 1 atom stereocenters. The van der Waals surface area contributed by atoms with Gasteiger partial charge in [0.2, 0.25) is 0 Å². The van der Waals surface area contributed by atoms with Crippen molar-refractivity contribution >= 4 is 0 Å². The van der Waals surface area contributed by atoms with E-state index in [1.165, 1.54) is 37.7 Å². The number of benzene rings is 1. The molecule has 2 rings (SSSR count). The topological polar surface area (TPSA) is 32.7 Å². The summed E-state index contributed by atoms with van der Waals surface area (Å²) in [6, 6.07) is 9.08. The van der Waals surface area contributed by atoms with Crippen LogP contribution in [-0.4, -0.2) is 41.8 Å². The number of hydrogen-bond donors (Lipinski definition) is 1. The van der Waals surface area contributed by atoms with Crippen molar-refractivity contribution in [2.24, 2.45) is 5.41 Å². The first-order valence-electron chi connectivity index (χ1n) is 11.3. The highest BCUT2D eigenvalue weighted by atomic mass is 16.5. The molecule has 0 saturated heterocycles. The minimum Gasteiger partial charge on any atom is -0.491 e. The molecular formula is C25H43NO2. The third-order valence-corrected chi connectivity index (χ3v) is 5.99. The van der Waals surface area contributed by atoms with Crippen molar-refractivity contribution in [3.8, 4) is 5.75 Å². The molecule has 0 aliphatic heterocycles. The number of ether oxygens (including phenoxy) is 1. The molecule has 1 saturated carbocycles. The third-order valence-electron chi connectivity index (χ3n) is 5.99. The molecule has 1 aromatic rings. The fourth-order valence-corrected chi connectivity index (χ4v) is 4.93. The molecule has 0 radical (unpaired) electrons. The van der Waals surface area contributed by atoms with Gasteiger partial charge in [-0.05, 0) is 54.3 Å². The van der Waals surface area contributed by atoms with Crippen LogP contribution in [0.15, 0.2) is 24.3 Å². The van der Waals surface area contributed by atoms with E-state index in [1.807, 2.05) is 12.1 Å². The number of likely N-dealkylation sites (N-methyl/N-ethyl adjacent to an activating group) is 1. The van der Waals surface area contributed by atoms with E-state index in [-0.39, 0.29) is 5.41 Å². The summed E-state index contributed by atoms with van der Waals surface area (Å²) in [5, 5.41) is 10.5. The third kappa shape index (κ3) is 7.40. The first-order valence-corrected chi connectivity index (χ1v) is 11.3. The molecule has 160 valence electrons. The lowest BCUT2D eigenvalue weighted by molar-refractivity contribution is 0.0463. The van der Waals surface area contributed by atoms with Gasteiger partial charge in [-0.1, -0.05) is 72.9 Å². The minimum atomic E-state index is -0.445. The highest BCUT2D eigenvalue weighted by Gasteiger charge is 2.27. The Morgan fingerprint density at radius 2 is 1.64 bits per heavy atom. The van der Waals surface area contributed by atoms with Gasteiger partial charge in [-0.25, -0.2) is 0 Å². The van der Waals surface area contributed by atoms with Gasteiger partial charge in [0.15, 0.2) is 0 Å². The maximum Gasteiger partial charge on any atom is 0.119 e. The van der Waals surface area contributed by atoms with Crippen molar-refractivity contribution in [2.75, 3.05) is 19.7 Å². The molecule has 1 aliphatic rings. The highest BCUT2D eigenvalue weighted by Crippen LogP contribution is 2.36. The second-order valence-corrected chi connectivity index (χ2v) is 10.5. The first-order chi connectivity index (χ1) is 13.1. The Morgan fingerprint density at radius 1 is 1.04 bits per heavy atom. The van der Waals surface area contributed by atoms with Crippen LogP contribution in [0.1, 0.15) is 85.6 Å². The summed E-state index contributed by atoms with van der Waals surface area (Å²) in [6.07, 6.45) is 7.24. The molecule has 0 amide bonds. The quantitative estimate of drug-likeness (QED) is 0.580. The summed E-state index contributed by atoms with van der Waals surface area (Å²) in [5.41, 5.74) is 1.77. The molecule has 0 spiro atoms. The van der Waals surface area contributed by atoms with Crippen molar-refractivity contribution < 1.29 is 9.84 Å². The lowest BCUT2D eigenvalue weighted by atomic mass is 9.72. The zero-order valence-corrected chi connectivity index (χ0v) is 19.1. The van der Waals surface area contributed by atoms with Crippen molar-refractivity contribution in [1.29, 1.82) is 0 Å². The molecule has 3 heteroatoms. The van der Waals surface area contributed by atoms with E-state index >= 15 is 0 Å². The van der Waals surface area contributed by atoms with Crippen molar-refractivity contribution in [3.63, 3.8) is 0 Å². The molecule has 1 aromatic carbocycles. The second kappa shape index (κ2) is 10.1. The number of hydrogen-bond acceptors (Lipinski definition) is 3. The molecule has 3 nitrogen and oxygen atoms in total. The standard InChI is InChI=1S/C25H43NO2/c1-7-26(21-11-9-8-10-12-21)17-22(27)18-28-23-15-13-20(14-16-23)25(5,6)19-24(2,3)4/h13-16,21-22,27H,7-12,17-19H2,1-6H3. The van der Waals surface area contributed by atoms with Gasteiger partial charge in [-0.2, -0.15) is 0 Å². The monoisotopic (exact) mass is 389 g/mol. The van der Waals surface area contributed by atoms with E-state index in [0.29, 0.717) is 24.6 Å². The predicted octanol–water partition coefficient (Wildman–Crippen LogP) is 5.79. The molecule has 0 bridgehead atoms. The van der Waals surface area contributed by atoms with E-state index in [9.17, 15) is 5.11 Å². The SMILES string of the molecule is CCN(CC(O)COc1ccc(C(C)(C)CC(C)(C)C)cc1)C1CCCCC1. The average molecular weight is 390 g/mol. The van der Waals surface area contributed by atoms with Crippen LogP contribution < -0.4 is 4.74 Å². The summed E-state index contributed by atoms with van der Waals surface area (Å²) >= 11 is 0. The predicted molar refractivity (Wildman–Crippen MR) is 119 cm³/mol. The summed E-state index contributed by atoms with van der Waals surface area (Å²) in [6.45, 7) is 15.7. The van der Waals surface area contributed by atoms with Crippen molar-refractivity contribution in [2.45, 2.75) is 97.6 Å². The van der Waals surface area contributed by atoms with Gasteiger partial charge in [0.25, 0.3) is 0 Å². The summed E-state index contributed by atoms with van der Waals surface area (Å²) < 4.78 is 5.89. The van der Waals surface area contributed by atoms with Crippen LogP contribution >= 0.6 is 0 Å². The molecule has 1 N–H and O–H groups in total. The van der Waals surface area contributed by atoms with Crippen LogP contribution in [0.5, 0.6) is 5.75 Å². The Bertz CT molecular complexity index is 567. The lowest BCUT2D eigenvalue weighted by Crippen LogP contribution is -2.43. The Morgan fingerprint density at radius 3 is 2.18 bits per heavy atom. The van der Waals surface area contributed by atoms with Gasteiger partial charge >= 0.3 is 0 Å². The fourth-order valence-electron chi connectivity index (χ4n) is 4.93. The summed E-state index contributed by atoms with van der Waals surface area (Å²) in [5.74, 6) is 0.843. The Kier molecular flexibility index (Phi) is 8.39. The maximum atomic E-state index is 10.5. The minimum absolute atomic E-state index is 0.137. The van der Waals surface area contributed by atoms with E-state index in [1.54, 1.807) is 0 Å². The Hall–Kier alpha value is -1.06. The molecular weight excluding hydrogens is 346 g/mol. The van der Waals surface area contributed by atoms with Gasteiger partial charge in [-0.3, -0.25) is 4.90 Å². The summed E-state index contributed by atoms with van der Waals surface area (Å²) in [7, 11) is 0. The lowest BCUT2D eigenvalue weighted by Gasteiger charge is -2.34. The average Bonchev–Trinajstić information content (AvgIpc) is 2.63. The van der Waals surface area contributed by atoms with Crippen molar-refractivity contribution in [3.05, 3.63) is 29.8 Å². The number of rotatable bonds is 9. The molecule has 0 aromatic heterocycles.